The Balaban J connectivity index is 2.02. The molecule has 8 heteroatoms. The number of hydrogen-bond donors (Lipinski definition) is 1. The topological polar surface area (TPSA) is 82.2 Å². The lowest BCUT2D eigenvalue weighted by atomic mass is 9.93. The predicted molar refractivity (Wildman–Crippen MR) is 122 cm³/mol. The van der Waals surface area contributed by atoms with Gasteiger partial charge in [-0.25, -0.2) is 9.59 Å². The number of nitrogens with one attached hydrogen (secondary N) is 1. The van der Waals surface area contributed by atoms with Crippen LogP contribution in [0.5, 0.6) is 0 Å². The number of benzene rings is 1. The van der Waals surface area contributed by atoms with Gasteiger partial charge < -0.3 is 15.0 Å². The van der Waals surface area contributed by atoms with Gasteiger partial charge in [-0.05, 0) is 19.4 Å². The van der Waals surface area contributed by atoms with Crippen LogP contribution in [0.1, 0.15) is 31.0 Å². The number of urea groups is 1. The van der Waals surface area contributed by atoms with E-state index in [9.17, 15) is 14.4 Å². The molecule has 0 spiro atoms. The Labute approximate surface area is 189 Å². The van der Waals surface area contributed by atoms with Crippen molar-refractivity contribution in [3.8, 4) is 0 Å². The highest BCUT2D eigenvalue weighted by atomic mass is 16.5. The Bertz CT molecular complexity index is 901. The Hall–Kier alpha value is -3.13. The fourth-order valence-corrected chi connectivity index (χ4v) is 4.09. The number of rotatable bonds is 7. The molecule has 172 valence electrons. The van der Waals surface area contributed by atoms with Gasteiger partial charge in [-0.1, -0.05) is 35.9 Å². The first kappa shape index (κ1) is 23.5. The maximum Gasteiger partial charge on any atom is 0.338 e. The lowest BCUT2D eigenvalue weighted by Crippen LogP contribution is -2.53. The zero-order chi connectivity index (χ0) is 23.3. The van der Waals surface area contributed by atoms with E-state index in [1.54, 1.807) is 29.7 Å². The number of ether oxygens (including phenoxy) is 1. The second-order valence-corrected chi connectivity index (χ2v) is 8.06. The van der Waals surface area contributed by atoms with Gasteiger partial charge in [0.2, 0.25) is 5.91 Å². The van der Waals surface area contributed by atoms with Crippen LogP contribution in [0, 0.1) is 6.92 Å². The van der Waals surface area contributed by atoms with Crippen LogP contribution < -0.4 is 5.32 Å². The number of carbonyl (C=O) groups excluding carboxylic acids is 3. The van der Waals surface area contributed by atoms with Gasteiger partial charge in [0.25, 0.3) is 0 Å². The molecule has 1 N–H and O–H groups in total. The van der Waals surface area contributed by atoms with Crippen molar-refractivity contribution in [2.75, 3.05) is 45.9 Å². The van der Waals surface area contributed by atoms with Crippen molar-refractivity contribution in [3.05, 3.63) is 59.3 Å². The van der Waals surface area contributed by atoms with Crippen molar-refractivity contribution in [3.63, 3.8) is 0 Å². The average Bonchev–Trinajstić information content (AvgIpc) is 2.77. The van der Waals surface area contributed by atoms with Gasteiger partial charge in [0.1, 0.15) is 0 Å². The average molecular weight is 441 g/mol. The van der Waals surface area contributed by atoms with E-state index in [2.05, 4.69) is 16.8 Å². The van der Waals surface area contributed by atoms with Gasteiger partial charge in [0.05, 0.1) is 18.2 Å². The SMILES string of the molecule is C=CCN1C(=O)N[C@@H](c2ccc(C)cc2)C(C(=O)OCC)=C1CN1CCN(C(C)=O)CC1. The lowest BCUT2D eigenvalue weighted by Gasteiger charge is -2.40. The summed E-state index contributed by atoms with van der Waals surface area (Å²) in [5.74, 6) is -0.384. The van der Waals surface area contributed by atoms with E-state index in [1.165, 1.54) is 0 Å². The minimum atomic E-state index is -0.600. The molecule has 3 rings (SSSR count). The van der Waals surface area contributed by atoms with Gasteiger partial charge in [-0.3, -0.25) is 14.6 Å². The van der Waals surface area contributed by atoms with Gasteiger partial charge >= 0.3 is 12.0 Å². The first-order valence-electron chi connectivity index (χ1n) is 11.0. The number of piperazine rings is 1. The summed E-state index contributed by atoms with van der Waals surface area (Å²) in [6.45, 7) is 12.6. The number of hydrogen-bond acceptors (Lipinski definition) is 5. The fourth-order valence-electron chi connectivity index (χ4n) is 4.09. The molecule has 0 unspecified atom stereocenters. The van der Waals surface area contributed by atoms with Crippen molar-refractivity contribution < 1.29 is 19.1 Å². The van der Waals surface area contributed by atoms with Crippen LogP contribution >= 0.6 is 0 Å². The normalized spacial score (nSPS) is 19.6. The van der Waals surface area contributed by atoms with Crippen LogP contribution in [0.4, 0.5) is 4.79 Å². The molecular weight excluding hydrogens is 408 g/mol. The maximum absolute atomic E-state index is 13.1. The quantitative estimate of drug-likeness (QED) is 0.519. The molecular formula is C24H32N4O4. The standard InChI is InChI=1S/C24H32N4O4/c1-5-11-28-20(16-26-12-14-27(15-13-26)18(4)29)21(23(30)32-6-2)22(25-24(28)31)19-9-7-17(3)8-10-19/h5,7-10,22H,1,6,11-16H2,2-4H3,(H,25,31)/t22-/m0/s1. The van der Waals surface area contributed by atoms with E-state index in [1.807, 2.05) is 31.2 Å². The van der Waals surface area contributed by atoms with Crippen LogP contribution in [0.3, 0.4) is 0 Å². The molecule has 1 saturated heterocycles. The van der Waals surface area contributed by atoms with Gasteiger partial charge in [0, 0.05) is 51.9 Å². The number of nitrogens with zero attached hydrogens (tertiary/aromatic N) is 3. The first-order valence-corrected chi connectivity index (χ1v) is 11.0. The third-order valence-electron chi connectivity index (χ3n) is 5.85. The van der Waals surface area contributed by atoms with Crippen molar-refractivity contribution in [1.29, 1.82) is 0 Å². The summed E-state index contributed by atoms with van der Waals surface area (Å²) in [6.07, 6.45) is 1.64. The molecule has 2 aliphatic rings. The largest absolute Gasteiger partial charge is 0.463 e. The molecule has 0 saturated carbocycles. The summed E-state index contributed by atoms with van der Waals surface area (Å²) in [6, 6.07) is 6.89. The molecule has 0 aliphatic carbocycles. The Morgan fingerprint density at radius 2 is 1.84 bits per heavy atom. The van der Waals surface area contributed by atoms with Crippen LogP contribution in [0.25, 0.3) is 0 Å². The Morgan fingerprint density at radius 3 is 2.41 bits per heavy atom. The molecule has 0 aromatic heterocycles. The van der Waals surface area contributed by atoms with Crippen molar-refractivity contribution in [2.24, 2.45) is 0 Å². The summed E-state index contributed by atoms with van der Waals surface area (Å²) in [5, 5.41) is 2.97. The molecule has 1 atom stereocenters. The number of esters is 1. The molecule has 8 nitrogen and oxygen atoms in total. The fraction of sp³-hybridized carbons (Fsp3) is 0.458. The number of carbonyl (C=O) groups is 3. The van der Waals surface area contributed by atoms with E-state index in [4.69, 9.17) is 4.74 Å². The van der Waals surface area contributed by atoms with Crippen LogP contribution in [0.15, 0.2) is 48.2 Å². The third-order valence-corrected chi connectivity index (χ3v) is 5.85. The van der Waals surface area contributed by atoms with E-state index < -0.39 is 12.0 Å². The summed E-state index contributed by atoms with van der Waals surface area (Å²) in [4.78, 5) is 43.4. The van der Waals surface area contributed by atoms with E-state index >= 15 is 0 Å². The number of aryl methyl sites for hydroxylation is 1. The predicted octanol–water partition coefficient (Wildman–Crippen LogP) is 2.23. The Morgan fingerprint density at radius 1 is 1.19 bits per heavy atom. The third kappa shape index (κ3) is 5.19. The van der Waals surface area contributed by atoms with Crippen molar-refractivity contribution in [2.45, 2.75) is 26.8 Å². The lowest BCUT2D eigenvalue weighted by molar-refractivity contribution is -0.139. The number of amides is 3. The van der Waals surface area contributed by atoms with E-state index in [0.717, 1.165) is 11.1 Å². The molecule has 0 bridgehead atoms. The summed E-state index contributed by atoms with van der Waals surface area (Å²) in [5.41, 5.74) is 2.97. The molecule has 2 aliphatic heterocycles. The molecule has 32 heavy (non-hydrogen) atoms. The molecule has 1 fully saturated rings. The van der Waals surface area contributed by atoms with Gasteiger partial charge in [-0.15, -0.1) is 6.58 Å². The van der Waals surface area contributed by atoms with Crippen molar-refractivity contribution in [1.82, 2.24) is 20.0 Å². The minimum Gasteiger partial charge on any atom is -0.463 e. The summed E-state index contributed by atoms with van der Waals surface area (Å²) < 4.78 is 5.41. The van der Waals surface area contributed by atoms with Crippen molar-refractivity contribution >= 4 is 17.9 Å². The minimum absolute atomic E-state index is 0.0563. The van der Waals surface area contributed by atoms with Crippen LogP contribution in [-0.2, 0) is 14.3 Å². The maximum atomic E-state index is 13.1. The molecule has 3 amide bonds. The summed E-state index contributed by atoms with van der Waals surface area (Å²) >= 11 is 0. The van der Waals surface area contributed by atoms with Crippen LogP contribution in [-0.4, -0.2) is 78.5 Å². The van der Waals surface area contributed by atoms with Gasteiger partial charge in [0.15, 0.2) is 0 Å². The molecule has 1 aromatic rings. The summed E-state index contributed by atoms with van der Waals surface area (Å²) in [7, 11) is 0. The van der Waals surface area contributed by atoms with E-state index in [-0.39, 0.29) is 25.1 Å². The second-order valence-electron chi connectivity index (χ2n) is 8.06. The first-order chi connectivity index (χ1) is 15.3. The van der Waals surface area contributed by atoms with Gasteiger partial charge in [-0.2, -0.15) is 0 Å². The zero-order valence-corrected chi connectivity index (χ0v) is 19.1. The monoisotopic (exact) mass is 440 g/mol. The molecule has 0 radical (unpaired) electrons. The smallest absolute Gasteiger partial charge is 0.338 e. The highest BCUT2D eigenvalue weighted by Crippen LogP contribution is 2.32. The molecule has 1 aromatic carbocycles. The molecule has 2 heterocycles. The zero-order valence-electron chi connectivity index (χ0n) is 19.1. The highest BCUT2D eigenvalue weighted by molar-refractivity contribution is 5.95. The second kappa shape index (κ2) is 10.5. The van der Waals surface area contributed by atoms with E-state index in [0.29, 0.717) is 44.0 Å². The Kier molecular flexibility index (Phi) is 7.69. The van der Waals surface area contributed by atoms with Crippen LogP contribution in [0.2, 0.25) is 0 Å². The highest BCUT2D eigenvalue weighted by Gasteiger charge is 2.38.